The van der Waals surface area contributed by atoms with Gasteiger partial charge in [-0.15, -0.1) is 0 Å². The van der Waals surface area contributed by atoms with Crippen LogP contribution in [-0.2, 0) is 20.9 Å². The first kappa shape index (κ1) is 12.8. The molecule has 2 rings (SSSR count). The van der Waals surface area contributed by atoms with Crippen molar-refractivity contribution in [3.63, 3.8) is 0 Å². The highest BCUT2D eigenvalue weighted by atomic mass is 16.5. The Labute approximate surface area is 107 Å². The molecule has 4 heteroatoms. The number of methoxy groups -OCH3 is 1. The number of benzene rings is 1. The summed E-state index contributed by atoms with van der Waals surface area (Å²) >= 11 is 0. The molecule has 1 saturated heterocycles. The lowest BCUT2D eigenvalue weighted by molar-refractivity contribution is -0.154. The van der Waals surface area contributed by atoms with Gasteiger partial charge >= 0.3 is 5.97 Å². The first-order valence-corrected chi connectivity index (χ1v) is 5.94. The Bertz CT molecular complexity index is 457. The topological polar surface area (TPSA) is 46.6 Å². The molecule has 18 heavy (non-hydrogen) atoms. The molecule has 1 aliphatic rings. The van der Waals surface area contributed by atoms with Crippen molar-refractivity contribution < 1.29 is 14.3 Å². The molecule has 1 unspecified atom stereocenters. The number of carbonyl (C=O) groups is 2. The van der Waals surface area contributed by atoms with E-state index in [9.17, 15) is 9.59 Å². The van der Waals surface area contributed by atoms with Crippen LogP contribution in [-0.4, -0.2) is 36.9 Å². The summed E-state index contributed by atoms with van der Waals surface area (Å²) in [6, 6.07) is 9.91. The van der Waals surface area contributed by atoms with Crippen molar-refractivity contribution in [2.45, 2.75) is 13.5 Å². The Morgan fingerprint density at radius 2 is 2.06 bits per heavy atom. The molecule has 1 aromatic rings. The van der Waals surface area contributed by atoms with Crippen LogP contribution in [0.2, 0.25) is 0 Å². The number of rotatable bonds is 3. The van der Waals surface area contributed by atoms with E-state index in [2.05, 4.69) is 0 Å². The van der Waals surface area contributed by atoms with Gasteiger partial charge in [0.2, 0.25) is 0 Å². The molecule has 1 aliphatic heterocycles. The number of hydrogen-bond donors (Lipinski definition) is 0. The average molecular weight is 247 g/mol. The monoisotopic (exact) mass is 247 g/mol. The summed E-state index contributed by atoms with van der Waals surface area (Å²) in [6.07, 6.45) is 0. The van der Waals surface area contributed by atoms with Gasteiger partial charge in [-0.2, -0.15) is 0 Å². The summed E-state index contributed by atoms with van der Waals surface area (Å²) in [4.78, 5) is 25.6. The van der Waals surface area contributed by atoms with E-state index in [-0.39, 0.29) is 5.78 Å². The minimum absolute atomic E-state index is 0.0646. The van der Waals surface area contributed by atoms with Crippen molar-refractivity contribution in [3.8, 4) is 0 Å². The Morgan fingerprint density at radius 1 is 1.39 bits per heavy atom. The van der Waals surface area contributed by atoms with Gasteiger partial charge in [0, 0.05) is 13.1 Å². The molecule has 4 nitrogen and oxygen atoms in total. The third-order valence-corrected chi connectivity index (χ3v) is 3.41. The van der Waals surface area contributed by atoms with Gasteiger partial charge in [0.15, 0.2) is 5.78 Å². The fourth-order valence-corrected chi connectivity index (χ4v) is 2.33. The molecule has 1 aromatic carbocycles. The van der Waals surface area contributed by atoms with Crippen LogP contribution in [0.1, 0.15) is 12.5 Å². The lowest BCUT2D eigenvalue weighted by atomic mass is 9.89. The second kappa shape index (κ2) is 4.90. The average Bonchev–Trinajstić information content (AvgIpc) is 2.66. The predicted octanol–water partition coefficient (Wildman–Crippen LogP) is 1.25. The number of nitrogens with zero attached hydrogens (tertiary/aromatic N) is 1. The molecule has 0 aliphatic carbocycles. The van der Waals surface area contributed by atoms with Gasteiger partial charge in [-0.3, -0.25) is 14.5 Å². The maximum atomic E-state index is 12.0. The van der Waals surface area contributed by atoms with Crippen LogP contribution in [0.4, 0.5) is 0 Å². The molecule has 0 spiro atoms. The SMILES string of the molecule is COC(=O)C1(C)CN(Cc2ccccc2)CC1=O. The van der Waals surface area contributed by atoms with Crippen molar-refractivity contribution in [1.82, 2.24) is 4.90 Å². The van der Waals surface area contributed by atoms with E-state index in [4.69, 9.17) is 4.74 Å². The lowest BCUT2D eigenvalue weighted by Crippen LogP contribution is -2.37. The molecule has 1 fully saturated rings. The van der Waals surface area contributed by atoms with Crippen LogP contribution in [0, 0.1) is 5.41 Å². The summed E-state index contributed by atoms with van der Waals surface area (Å²) in [7, 11) is 1.32. The normalized spacial score (nSPS) is 24.2. The standard InChI is InChI=1S/C14H17NO3/c1-14(13(17)18-2)10-15(9-12(14)16)8-11-6-4-3-5-7-11/h3-7H,8-10H2,1-2H3. The first-order valence-electron chi connectivity index (χ1n) is 5.94. The summed E-state index contributed by atoms with van der Waals surface area (Å²) in [5.74, 6) is -0.506. The van der Waals surface area contributed by atoms with E-state index in [1.54, 1.807) is 6.92 Å². The second-order valence-electron chi connectivity index (χ2n) is 4.88. The molecule has 1 heterocycles. The van der Waals surface area contributed by atoms with Crippen molar-refractivity contribution in [2.75, 3.05) is 20.2 Å². The van der Waals surface area contributed by atoms with Gasteiger partial charge < -0.3 is 4.74 Å². The van der Waals surface area contributed by atoms with Crippen LogP contribution < -0.4 is 0 Å². The minimum atomic E-state index is -1.01. The summed E-state index contributed by atoms with van der Waals surface area (Å²) in [6.45, 7) is 3.07. The third kappa shape index (κ3) is 2.29. The zero-order valence-corrected chi connectivity index (χ0v) is 10.7. The summed E-state index contributed by atoms with van der Waals surface area (Å²) in [5, 5.41) is 0. The van der Waals surface area contributed by atoms with Gasteiger partial charge in [0.05, 0.1) is 13.7 Å². The Morgan fingerprint density at radius 3 is 2.67 bits per heavy atom. The Balaban J connectivity index is 2.07. The van der Waals surface area contributed by atoms with Crippen molar-refractivity contribution in [2.24, 2.45) is 5.41 Å². The van der Waals surface area contributed by atoms with E-state index >= 15 is 0 Å². The molecule has 0 aromatic heterocycles. The van der Waals surface area contributed by atoms with E-state index in [1.165, 1.54) is 7.11 Å². The van der Waals surface area contributed by atoms with E-state index in [0.717, 1.165) is 5.56 Å². The maximum Gasteiger partial charge on any atom is 0.320 e. The largest absolute Gasteiger partial charge is 0.468 e. The molecule has 0 N–H and O–H groups in total. The predicted molar refractivity (Wildman–Crippen MR) is 66.8 cm³/mol. The molecule has 0 saturated carbocycles. The molecule has 96 valence electrons. The minimum Gasteiger partial charge on any atom is -0.468 e. The van der Waals surface area contributed by atoms with Crippen molar-refractivity contribution in [1.29, 1.82) is 0 Å². The third-order valence-electron chi connectivity index (χ3n) is 3.41. The van der Waals surface area contributed by atoms with Crippen LogP contribution in [0.3, 0.4) is 0 Å². The van der Waals surface area contributed by atoms with Gasteiger partial charge in [0.1, 0.15) is 5.41 Å². The van der Waals surface area contributed by atoms with Crippen molar-refractivity contribution >= 4 is 11.8 Å². The maximum absolute atomic E-state index is 12.0. The zero-order valence-electron chi connectivity index (χ0n) is 10.7. The summed E-state index contributed by atoms with van der Waals surface area (Å²) < 4.78 is 4.72. The number of likely N-dealkylation sites (tertiary alicyclic amines) is 1. The van der Waals surface area contributed by atoms with Crippen LogP contribution in [0.5, 0.6) is 0 Å². The smallest absolute Gasteiger partial charge is 0.320 e. The molecular formula is C14H17NO3. The highest BCUT2D eigenvalue weighted by molar-refractivity contribution is 6.06. The highest BCUT2D eigenvalue weighted by Gasteiger charge is 2.48. The lowest BCUT2D eigenvalue weighted by Gasteiger charge is -2.20. The van der Waals surface area contributed by atoms with E-state index < -0.39 is 11.4 Å². The van der Waals surface area contributed by atoms with Gasteiger partial charge in [-0.25, -0.2) is 0 Å². The van der Waals surface area contributed by atoms with Crippen LogP contribution in [0.25, 0.3) is 0 Å². The van der Waals surface area contributed by atoms with Crippen molar-refractivity contribution in [3.05, 3.63) is 35.9 Å². The quantitative estimate of drug-likeness (QED) is 0.596. The molecule has 0 radical (unpaired) electrons. The Hall–Kier alpha value is -1.68. The number of Topliss-reactive ketones (excluding diaryl/α,β-unsaturated/α-hetero) is 1. The fraction of sp³-hybridized carbons (Fsp3) is 0.429. The second-order valence-corrected chi connectivity index (χ2v) is 4.88. The number of carbonyl (C=O) groups excluding carboxylic acids is 2. The molecular weight excluding hydrogens is 230 g/mol. The molecule has 1 atom stereocenters. The number of hydrogen-bond acceptors (Lipinski definition) is 4. The van der Waals surface area contributed by atoms with Gasteiger partial charge in [0.25, 0.3) is 0 Å². The number of ketones is 1. The zero-order chi connectivity index (χ0) is 13.2. The fourth-order valence-electron chi connectivity index (χ4n) is 2.33. The van der Waals surface area contributed by atoms with Gasteiger partial charge in [-0.1, -0.05) is 30.3 Å². The van der Waals surface area contributed by atoms with Crippen LogP contribution >= 0.6 is 0 Å². The Kier molecular flexibility index (Phi) is 3.48. The molecule has 0 bridgehead atoms. The number of esters is 1. The number of ether oxygens (including phenoxy) is 1. The highest BCUT2D eigenvalue weighted by Crippen LogP contribution is 2.29. The van der Waals surface area contributed by atoms with E-state index in [1.807, 2.05) is 35.2 Å². The van der Waals surface area contributed by atoms with E-state index in [0.29, 0.717) is 19.6 Å². The summed E-state index contributed by atoms with van der Waals surface area (Å²) in [5.41, 5.74) is 0.128. The molecule has 0 amide bonds. The van der Waals surface area contributed by atoms with Gasteiger partial charge in [-0.05, 0) is 12.5 Å². The first-order chi connectivity index (χ1) is 8.56. The van der Waals surface area contributed by atoms with Crippen LogP contribution in [0.15, 0.2) is 30.3 Å².